The van der Waals surface area contributed by atoms with Crippen molar-refractivity contribution < 1.29 is 0 Å². The van der Waals surface area contributed by atoms with E-state index in [0.717, 1.165) is 42.2 Å². The number of hydrogen-bond donors (Lipinski definition) is 1. The molecule has 0 saturated heterocycles. The van der Waals surface area contributed by atoms with Crippen LogP contribution in [-0.2, 0) is 20.0 Å². The van der Waals surface area contributed by atoms with Crippen LogP contribution in [0.1, 0.15) is 17.1 Å². The molecule has 0 radical (unpaired) electrons. The molecular weight excluding hydrogens is 274 g/mol. The zero-order chi connectivity index (χ0) is 15.5. The Labute approximate surface area is 130 Å². The molecule has 22 heavy (non-hydrogen) atoms. The summed E-state index contributed by atoms with van der Waals surface area (Å²) in [7, 11) is 1.91. The van der Waals surface area contributed by atoms with Gasteiger partial charge in [0.25, 0.3) is 0 Å². The normalized spacial score (nSPS) is 14.5. The molecule has 0 bridgehead atoms. The summed E-state index contributed by atoms with van der Waals surface area (Å²) in [6.45, 7) is 9.27. The van der Waals surface area contributed by atoms with Crippen molar-refractivity contribution in [1.29, 1.82) is 0 Å². The first-order chi connectivity index (χ1) is 10.7. The van der Waals surface area contributed by atoms with Crippen molar-refractivity contribution in [1.82, 2.24) is 25.1 Å². The van der Waals surface area contributed by atoms with Crippen LogP contribution in [-0.4, -0.2) is 26.3 Å². The minimum atomic E-state index is 0.665. The van der Waals surface area contributed by atoms with Crippen molar-refractivity contribution in [2.24, 2.45) is 7.05 Å². The fraction of sp³-hybridized carbons (Fsp3) is 0.235. The highest BCUT2D eigenvalue weighted by atomic mass is 15.3. The standard InChI is InChI=1S/C17H19N5/c1-4-6-12(5-2)17-19-15-11-18-9-7-13(15)16(20-17)14-8-10-22(3)21-14/h4-6,8,10,18H,1-2,7,9,11H2,3H3/b12-6+. The molecule has 0 aliphatic carbocycles. The highest BCUT2D eigenvalue weighted by molar-refractivity contribution is 5.72. The maximum absolute atomic E-state index is 4.76. The van der Waals surface area contributed by atoms with E-state index in [4.69, 9.17) is 9.97 Å². The van der Waals surface area contributed by atoms with Crippen LogP contribution in [0.25, 0.3) is 17.0 Å². The van der Waals surface area contributed by atoms with Gasteiger partial charge in [0.05, 0.1) is 11.4 Å². The topological polar surface area (TPSA) is 55.6 Å². The van der Waals surface area contributed by atoms with Crippen LogP contribution >= 0.6 is 0 Å². The van der Waals surface area contributed by atoms with Gasteiger partial charge in [-0.25, -0.2) is 9.97 Å². The number of hydrogen-bond acceptors (Lipinski definition) is 4. The summed E-state index contributed by atoms with van der Waals surface area (Å²) in [4.78, 5) is 9.46. The molecule has 2 aromatic heterocycles. The molecule has 1 aliphatic rings. The van der Waals surface area contributed by atoms with E-state index in [1.54, 1.807) is 16.8 Å². The molecule has 5 nitrogen and oxygen atoms in total. The van der Waals surface area contributed by atoms with Gasteiger partial charge >= 0.3 is 0 Å². The zero-order valence-corrected chi connectivity index (χ0v) is 12.7. The van der Waals surface area contributed by atoms with Gasteiger partial charge < -0.3 is 5.32 Å². The third-order valence-electron chi connectivity index (χ3n) is 3.67. The molecule has 0 aromatic carbocycles. The lowest BCUT2D eigenvalue weighted by Gasteiger charge is -2.19. The fourth-order valence-electron chi connectivity index (χ4n) is 2.60. The largest absolute Gasteiger partial charge is 0.311 e. The average Bonchev–Trinajstić information content (AvgIpc) is 2.98. The summed E-state index contributed by atoms with van der Waals surface area (Å²) in [5.74, 6) is 0.665. The Balaban J connectivity index is 2.20. The molecule has 0 atom stereocenters. The Morgan fingerprint density at radius 1 is 1.36 bits per heavy atom. The zero-order valence-electron chi connectivity index (χ0n) is 12.7. The second kappa shape index (κ2) is 6.07. The lowest BCUT2D eigenvalue weighted by Crippen LogP contribution is -2.26. The van der Waals surface area contributed by atoms with Gasteiger partial charge in [-0.15, -0.1) is 0 Å². The molecule has 3 heterocycles. The number of nitrogens with zero attached hydrogens (tertiary/aromatic N) is 4. The van der Waals surface area contributed by atoms with Crippen LogP contribution in [0, 0.1) is 0 Å². The second-order valence-corrected chi connectivity index (χ2v) is 5.18. The minimum Gasteiger partial charge on any atom is -0.311 e. The SMILES string of the molecule is C=C/C=C(\C=C)c1nc2c(c(-c3ccn(C)n3)n1)CCNC2. The van der Waals surface area contributed by atoms with Crippen LogP contribution in [0.15, 0.2) is 43.6 Å². The highest BCUT2D eigenvalue weighted by Crippen LogP contribution is 2.26. The molecule has 0 unspecified atom stereocenters. The fourth-order valence-corrected chi connectivity index (χ4v) is 2.60. The summed E-state index contributed by atoms with van der Waals surface area (Å²) in [5, 5.41) is 7.86. The Kier molecular flexibility index (Phi) is 3.98. The van der Waals surface area contributed by atoms with E-state index in [1.165, 1.54) is 5.56 Å². The highest BCUT2D eigenvalue weighted by Gasteiger charge is 2.20. The van der Waals surface area contributed by atoms with Gasteiger partial charge in [-0.3, -0.25) is 4.68 Å². The number of aromatic nitrogens is 4. The molecule has 3 rings (SSSR count). The second-order valence-electron chi connectivity index (χ2n) is 5.18. The van der Waals surface area contributed by atoms with Crippen molar-refractivity contribution >= 4 is 5.57 Å². The van der Waals surface area contributed by atoms with Gasteiger partial charge in [0.15, 0.2) is 5.82 Å². The van der Waals surface area contributed by atoms with E-state index >= 15 is 0 Å². The molecule has 2 aromatic rings. The van der Waals surface area contributed by atoms with Crippen LogP contribution in [0.3, 0.4) is 0 Å². The third kappa shape index (κ3) is 2.63. The monoisotopic (exact) mass is 293 g/mol. The van der Waals surface area contributed by atoms with Crippen molar-refractivity contribution in [2.75, 3.05) is 6.54 Å². The molecule has 0 spiro atoms. The Hall–Kier alpha value is -2.53. The molecule has 0 amide bonds. The van der Waals surface area contributed by atoms with Gasteiger partial charge in [0, 0.05) is 30.9 Å². The molecule has 0 fully saturated rings. The number of fused-ring (bicyclic) bond motifs is 1. The van der Waals surface area contributed by atoms with E-state index in [0.29, 0.717) is 5.82 Å². The third-order valence-corrected chi connectivity index (χ3v) is 3.67. The summed E-state index contributed by atoms with van der Waals surface area (Å²) in [6.07, 6.45) is 8.18. The molecule has 112 valence electrons. The first kappa shape index (κ1) is 14.4. The predicted octanol–water partition coefficient (Wildman–Crippen LogP) is 2.28. The first-order valence-electron chi connectivity index (χ1n) is 7.29. The van der Waals surface area contributed by atoms with Crippen molar-refractivity contribution in [3.05, 3.63) is 60.7 Å². The van der Waals surface area contributed by atoms with E-state index in [9.17, 15) is 0 Å². The van der Waals surface area contributed by atoms with Crippen LogP contribution in [0.2, 0.25) is 0 Å². The molecule has 1 aliphatic heterocycles. The van der Waals surface area contributed by atoms with Gasteiger partial charge in [0.2, 0.25) is 0 Å². The van der Waals surface area contributed by atoms with Crippen LogP contribution < -0.4 is 5.32 Å². The minimum absolute atomic E-state index is 0.665. The Bertz CT molecular complexity index is 754. The maximum Gasteiger partial charge on any atom is 0.160 e. The van der Waals surface area contributed by atoms with Gasteiger partial charge in [-0.2, -0.15) is 5.10 Å². The first-order valence-corrected chi connectivity index (χ1v) is 7.29. The Morgan fingerprint density at radius 3 is 2.91 bits per heavy atom. The van der Waals surface area contributed by atoms with Crippen molar-refractivity contribution in [2.45, 2.75) is 13.0 Å². The number of nitrogens with one attached hydrogen (secondary N) is 1. The Morgan fingerprint density at radius 2 is 2.23 bits per heavy atom. The molecule has 1 N–H and O–H groups in total. The number of aryl methyl sites for hydroxylation is 1. The van der Waals surface area contributed by atoms with Crippen LogP contribution in [0.4, 0.5) is 0 Å². The summed E-state index contributed by atoms with van der Waals surface area (Å²) in [6, 6.07) is 1.99. The lowest BCUT2D eigenvalue weighted by molar-refractivity contribution is 0.622. The van der Waals surface area contributed by atoms with E-state index in [1.807, 2.05) is 25.4 Å². The van der Waals surface area contributed by atoms with E-state index < -0.39 is 0 Å². The predicted molar refractivity (Wildman–Crippen MR) is 88.0 cm³/mol. The molecular formula is C17H19N5. The summed E-state index contributed by atoms with van der Waals surface area (Å²) < 4.78 is 1.79. The quantitative estimate of drug-likeness (QED) is 0.879. The van der Waals surface area contributed by atoms with E-state index in [-0.39, 0.29) is 0 Å². The molecule has 5 heteroatoms. The lowest BCUT2D eigenvalue weighted by atomic mass is 10.0. The van der Waals surface area contributed by atoms with Gasteiger partial charge in [-0.1, -0.05) is 31.4 Å². The number of allylic oxidation sites excluding steroid dienone is 4. The molecule has 0 saturated carbocycles. The smallest absolute Gasteiger partial charge is 0.160 e. The average molecular weight is 293 g/mol. The number of rotatable bonds is 4. The van der Waals surface area contributed by atoms with Crippen molar-refractivity contribution in [3.63, 3.8) is 0 Å². The maximum atomic E-state index is 4.76. The van der Waals surface area contributed by atoms with Gasteiger partial charge in [-0.05, 0) is 19.0 Å². The summed E-state index contributed by atoms with van der Waals surface area (Å²) in [5.41, 5.74) is 4.88. The van der Waals surface area contributed by atoms with Crippen molar-refractivity contribution in [3.8, 4) is 11.4 Å². The summed E-state index contributed by atoms with van der Waals surface area (Å²) >= 11 is 0. The van der Waals surface area contributed by atoms with E-state index in [2.05, 4.69) is 23.6 Å². The van der Waals surface area contributed by atoms with Crippen LogP contribution in [0.5, 0.6) is 0 Å². The van der Waals surface area contributed by atoms with Gasteiger partial charge in [0.1, 0.15) is 5.69 Å².